The largest absolute Gasteiger partial charge is 0.379 e. The first kappa shape index (κ1) is 25.8. The topological polar surface area (TPSA) is 79.8 Å². The quantitative estimate of drug-likeness (QED) is 0.402. The monoisotopic (exact) mass is 515 g/mol. The van der Waals surface area contributed by atoms with E-state index in [-0.39, 0.29) is 24.5 Å². The third-order valence-electron chi connectivity index (χ3n) is 6.33. The molecule has 1 fully saturated rings. The summed E-state index contributed by atoms with van der Waals surface area (Å²) in [4.78, 5) is 22.6. The number of aryl methyl sites for hydroxylation is 2. The van der Waals surface area contributed by atoms with Crippen LogP contribution in [0.4, 0.5) is 5.13 Å². The maximum atomic E-state index is 13.4. The van der Waals surface area contributed by atoms with Crippen molar-refractivity contribution in [2.24, 2.45) is 0 Å². The molecule has 0 N–H and O–H groups in total. The van der Waals surface area contributed by atoms with Crippen LogP contribution < -0.4 is 4.90 Å². The number of carbonyl (C=O) groups excluding carboxylic acids is 1. The van der Waals surface area contributed by atoms with Crippen LogP contribution >= 0.6 is 11.3 Å². The Hall–Kier alpha value is -2.33. The van der Waals surface area contributed by atoms with Crippen LogP contribution in [0.5, 0.6) is 0 Å². The van der Waals surface area contributed by atoms with E-state index in [0.717, 1.165) is 60.6 Å². The molecule has 4 rings (SSSR count). The lowest BCUT2D eigenvalue weighted by molar-refractivity contribution is -0.118. The van der Waals surface area contributed by atoms with Crippen molar-refractivity contribution in [3.63, 3.8) is 0 Å². The number of rotatable bonds is 10. The van der Waals surface area contributed by atoms with Crippen molar-refractivity contribution in [2.45, 2.75) is 38.0 Å². The Labute approximate surface area is 211 Å². The van der Waals surface area contributed by atoms with Gasteiger partial charge in [-0.05, 0) is 49.9 Å². The SMILES string of the molecule is Cc1ccc(C)c2sc(N(CCCN3CCOCC3)C(=O)CCCS(=O)(=O)c3ccccc3)nc12. The van der Waals surface area contributed by atoms with Crippen molar-refractivity contribution in [3.05, 3.63) is 53.6 Å². The van der Waals surface area contributed by atoms with E-state index in [0.29, 0.717) is 16.6 Å². The molecule has 0 aliphatic carbocycles. The van der Waals surface area contributed by atoms with Gasteiger partial charge in [-0.25, -0.2) is 13.4 Å². The minimum absolute atomic E-state index is 0.0531. The molecule has 1 saturated heterocycles. The van der Waals surface area contributed by atoms with Gasteiger partial charge in [-0.15, -0.1) is 0 Å². The average Bonchev–Trinajstić information content (AvgIpc) is 3.32. The number of hydrogen-bond donors (Lipinski definition) is 0. The first-order valence-corrected chi connectivity index (χ1v) is 14.6. The lowest BCUT2D eigenvalue weighted by atomic mass is 10.1. The summed E-state index contributed by atoms with van der Waals surface area (Å²) in [6, 6.07) is 12.6. The predicted molar refractivity (Wildman–Crippen MR) is 141 cm³/mol. The van der Waals surface area contributed by atoms with Crippen molar-refractivity contribution in [2.75, 3.05) is 50.0 Å². The molecule has 2 aromatic carbocycles. The summed E-state index contributed by atoms with van der Waals surface area (Å²) >= 11 is 1.54. The number of amides is 1. The molecule has 0 unspecified atom stereocenters. The van der Waals surface area contributed by atoms with Crippen molar-refractivity contribution >= 4 is 42.4 Å². The Balaban J connectivity index is 1.46. The summed E-state index contributed by atoms with van der Waals surface area (Å²) in [7, 11) is -3.41. The van der Waals surface area contributed by atoms with Crippen LogP contribution in [0.25, 0.3) is 10.2 Å². The summed E-state index contributed by atoms with van der Waals surface area (Å²) in [5.74, 6) is -0.132. The fourth-order valence-electron chi connectivity index (χ4n) is 4.26. The first-order valence-electron chi connectivity index (χ1n) is 12.1. The van der Waals surface area contributed by atoms with E-state index in [1.165, 1.54) is 11.3 Å². The molecule has 1 amide bonds. The molecule has 3 aromatic rings. The van der Waals surface area contributed by atoms with Gasteiger partial charge in [0.1, 0.15) is 0 Å². The molecular formula is C26H33N3O4S2. The molecule has 1 aromatic heterocycles. The van der Waals surface area contributed by atoms with Crippen molar-refractivity contribution in [3.8, 4) is 0 Å². The second kappa shape index (κ2) is 11.6. The Bertz CT molecular complexity index is 1210. The van der Waals surface area contributed by atoms with Gasteiger partial charge in [-0.1, -0.05) is 41.7 Å². The number of hydrogen-bond acceptors (Lipinski definition) is 7. The van der Waals surface area contributed by atoms with E-state index in [9.17, 15) is 13.2 Å². The zero-order valence-electron chi connectivity index (χ0n) is 20.4. The summed E-state index contributed by atoms with van der Waals surface area (Å²) < 4.78 is 31.8. The van der Waals surface area contributed by atoms with Crippen LogP contribution in [0, 0.1) is 13.8 Å². The predicted octanol–water partition coefficient (Wildman–Crippen LogP) is 4.22. The lowest BCUT2D eigenvalue weighted by Crippen LogP contribution is -2.39. The second-order valence-corrected chi connectivity index (χ2v) is 12.0. The van der Waals surface area contributed by atoms with Crippen LogP contribution in [0.15, 0.2) is 47.4 Å². The van der Waals surface area contributed by atoms with Crippen LogP contribution in [0.1, 0.15) is 30.4 Å². The third-order valence-corrected chi connectivity index (χ3v) is 9.36. The highest BCUT2D eigenvalue weighted by molar-refractivity contribution is 7.91. The van der Waals surface area contributed by atoms with Crippen LogP contribution in [0.2, 0.25) is 0 Å². The van der Waals surface area contributed by atoms with Crippen molar-refractivity contribution in [1.29, 1.82) is 0 Å². The number of sulfone groups is 1. The molecule has 35 heavy (non-hydrogen) atoms. The lowest BCUT2D eigenvalue weighted by Gasteiger charge is -2.27. The van der Waals surface area contributed by atoms with Gasteiger partial charge >= 0.3 is 0 Å². The minimum atomic E-state index is -3.41. The van der Waals surface area contributed by atoms with Crippen LogP contribution in [-0.2, 0) is 19.4 Å². The van der Waals surface area contributed by atoms with Crippen molar-refractivity contribution in [1.82, 2.24) is 9.88 Å². The fraction of sp³-hybridized carbons (Fsp3) is 0.462. The summed E-state index contributed by atoms with van der Waals surface area (Å²) in [5, 5.41) is 0.690. The number of ether oxygens (including phenoxy) is 1. The molecular weight excluding hydrogens is 482 g/mol. The number of fused-ring (bicyclic) bond motifs is 1. The molecule has 0 radical (unpaired) electrons. The maximum absolute atomic E-state index is 13.4. The summed E-state index contributed by atoms with van der Waals surface area (Å²) in [6.07, 6.45) is 1.26. The highest BCUT2D eigenvalue weighted by Gasteiger charge is 2.22. The normalized spacial score (nSPS) is 14.9. The van der Waals surface area contributed by atoms with E-state index in [1.54, 1.807) is 35.2 Å². The van der Waals surface area contributed by atoms with Gasteiger partial charge in [0.25, 0.3) is 0 Å². The molecule has 7 nitrogen and oxygen atoms in total. The van der Waals surface area contributed by atoms with Gasteiger partial charge in [0.2, 0.25) is 5.91 Å². The Morgan fingerprint density at radius 2 is 1.77 bits per heavy atom. The van der Waals surface area contributed by atoms with Gasteiger partial charge in [0, 0.05) is 32.6 Å². The molecule has 0 atom stereocenters. The molecule has 0 saturated carbocycles. The highest BCUT2D eigenvalue weighted by atomic mass is 32.2. The zero-order valence-corrected chi connectivity index (χ0v) is 22.0. The zero-order chi connectivity index (χ0) is 24.8. The highest BCUT2D eigenvalue weighted by Crippen LogP contribution is 2.33. The number of anilines is 1. The van der Waals surface area contributed by atoms with Gasteiger partial charge in [-0.2, -0.15) is 0 Å². The Morgan fingerprint density at radius 1 is 1.06 bits per heavy atom. The Morgan fingerprint density at radius 3 is 2.49 bits per heavy atom. The summed E-state index contributed by atoms with van der Waals surface area (Å²) in [5.41, 5.74) is 3.16. The van der Waals surface area contributed by atoms with Crippen molar-refractivity contribution < 1.29 is 17.9 Å². The second-order valence-electron chi connectivity index (χ2n) is 8.96. The molecule has 1 aliphatic rings. The van der Waals surface area contributed by atoms with Gasteiger partial charge in [-0.3, -0.25) is 14.6 Å². The number of benzene rings is 2. The number of thiazole rings is 1. The first-order chi connectivity index (χ1) is 16.8. The van der Waals surface area contributed by atoms with E-state index in [4.69, 9.17) is 9.72 Å². The number of aromatic nitrogens is 1. The van der Waals surface area contributed by atoms with Gasteiger partial charge in [0.15, 0.2) is 15.0 Å². The number of morpholine rings is 1. The van der Waals surface area contributed by atoms with Crippen LogP contribution in [0.3, 0.4) is 0 Å². The number of nitrogens with zero attached hydrogens (tertiary/aromatic N) is 3. The van der Waals surface area contributed by atoms with E-state index in [2.05, 4.69) is 24.0 Å². The molecule has 9 heteroatoms. The Kier molecular flexibility index (Phi) is 8.54. The maximum Gasteiger partial charge on any atom is 0.228 e. The molecule has 188 valence electrons. The third kappa shape index (κ3) is 6.46. The summed E-state index contributed by atoms with van der Waals surface area (Å²) in [6.45, 7) is 8.84. The molecule has 1 aliphatic heterocycles. The van der Waals surface area contributed by atoms with E-state index >= 15 is 0 Å². The average molecular weight is 516 g/mol. The molecule has 0 spiro atoms. The van der Waals surface area contributed by atoms with Gasteiger partial charge < -0.3 is 4.74 Å². The molecule has 0 bridgehead atoms. The molecule has 2 heterocycles. The number of carbonyl (C=O) groups is 1. The van der Waals surface area contributed by atoms with E-state index in [1.807, 2.05) is 6.92 Å². The minimum Gasteiger partial charge on any atom is -0.379 e. The standard InChI is InChI=1S/C26H33N3O4S2/c1-20-11-12-21(2)25-24(20)27-26(34-25)29(14-7-13-28-15-17-33-18-16-28)23(30)10-6-19-35(31,32)22-8-4-3-5-9-22/h3-5,8-9,11-12H,6-7,10,13-19H2,1-2H3. The smallest absolute Gasteiger partial charge is 0.228 e. The fourth-order valence-corrected chi connectivity index (χ4v) is 6.75. The van der Waals surface area contributed by atoms with Crippen LogP contribution in [-0.4, -0.2) is 69.4 Å². The van der Waals surface area contributed by atoms with E-state index < -0.39 is 9.84 Å². The van der Waals surface area contributed by atoms with Gasteiger partial charge in [0.05, 0.1) is 34.1 Å².